The molecule has 3 nitrogen and oxygen atoms in total. The van der Waals surface area contributed by atoms with Gasteiger partial charge in [-0.3, -0.25) is 4.79 Å². The summed E-state index contributed by atoms with van der Waals surface area (Å²) in [5, 5.41) is 4.51. The number of benzene rings is 1. The van der Waals surface area contributed by atoms with Crippen molar-refractivity contribution < 1.29 is 9.18 Å². The third kappa shape index (κ3) is 3.36. The molecule has 0 saturated heterocycles. The van der Waals surface area contributed by atoms with Crippen molar-refractivity contribution in [2.45, 2.75) is 0 Å². The number of anilines is 1. The van der Waals surface area contributed by atoms with Crippen molar-refractivity contribution in [3.8, 4) is 11.8 Å². The molecule has 0 aliphatic carbocycles. The molecule has 1 amide bonds. The molecule has 102 valence electrons. The minimum Gasteiger partial charge on any atom is -0.320 e. The second-order valence-electron chi connectivity index (χ2n) is 3.75. The van der Waals surface area contributed by atoms with Gasteiger partial charge in [-0.15, -0.1) is 11.3 Å². The van der Waals surface area contributed by atoms with Gasteiger partial charge in [-0.05, 0) is 29.6 Å². The predicted octanol–water partition coefficient (Wildman–Crippen LogP) is 3.10. The molecule has 20 heavy (non-hydrogen) atoms. The Balaban J connectivity index is 2.22. The van der Waals surface area contributed by atoms with Gasteiger partial charge >= 0.3 is 0 Å². The van der Waals surface area contributed by atoms with Crippen LogP contribution < -0.4 is 11.1 Å². The molecular weight excluding hydrogens is 299 g/mol. The van der Waals surface area contributed by atoms with Crippen molar-refractivity contribution in [1.82, 2.24) is 0 Å². The quantitative estimate of drug-likeness (QED) is 0.838. The maximum Gasteiger partial charge on any atom is 0.267 e. The topological polar surface area (TPSA) is 55.1 Å². The highest BCUT2D eigenvalue weighted by atomic mass is 35.5. The van der Waals surface area contributed by atoms with Gasteiger partial charge in [-0.2, -0.15) is 0 Å². The average molecular weight is 309 g/mol. The maximum atomic E-state index is 13.6. The number of halogens is 2. The monoisotopic (exact) mass is 308 g/mol. The van der Waals surface area contributed by atoms with E-state index in [4.69, 9.17) is 17.3 Å². The van der Waals surface area contributed by atoms with Crippen molar-refractivity contribution in [3.63, 3.8) is 0 Å². The van der Waals surface area contributed by atoms with Gasteiger partial charge in [-0.25, -0.2) is 4.39 Å². The highest BCUT2D eigenvalue weighted by Gasteiger charge is 2.14. The summed E-state index contributed by atoms with van der Waals surface area (Å²) in [6.07, 6.45) is 0. The molecule has 0 spiro atoms. The third-order valence-corrected chi connectivity index (χ3v) is 3.52. The largest absolute Gasteiger partial charge is 0.320 e. The van der Waals surface area contributed by atoms with Crippen LogP contribution in [-0.2, 0) is 0 Å². The lowest BCUT2D eigenvalue weighted by Gasteiger charge is -2.05. The summed E-state index contributed by atoms with van der Waals surface area (Å²) in [6.45, 7) is 0.211. The van der Waals surface area contributed by atoms with Gasteiger partial charge < -0.3 is 11.1 Å². The highest BCUT2D eigenvalue weighted by molar-refractivity contribution is 7.12. The lowest BCUT2D eigenvalue weighted by Crippen LogP contribution is -2.12. The van der Waals surface area contributed by atoms with E-state index in [-0.39, 0.29) is 17.3 Å². The molecule has 0 aliphatic heterocycles. The van der Waals surface area contributed by atoms with Crippen LogP contribution in [0.3, 0.4) is 0 Å². The van der Waals surface area contributed by atoms with Crippen LogP contribution in [0, 0.1) is 17.7 Å². The fourth-order valence-corrected chi connectivity index (χ4v) is 2.40. The van der Waals surface area contributed by atoms with Gasteiger partial charge in [0.1, 0.15) is 10.7 Å². The second kappa shape index (κ2) is 6.53. The van der Waals surface area contributed by atoms with Crippen molar-refractivity contribution in [2.24, 2.45) is 5.73 Å². The van der Waals surface area contributed by atoms with E-state index in [2.05, 4.69) is 17.2 Å². The first kappa shape index (κ1) is 14.5. The number of nitrogens with two attached hydrogens (primary N) is 1. The van der Waals surface area contributed by atoms with Gasteiger partial charge in [0, 0.05) is 10.6 Å². The molecule has 2 rings (SSSR count). The van der Waals surface area contributed by atoms with Crippen LogP contribution in [0.5, 0.6) is 0 Å². The number of amides is 1. The summed E-state index contributed by atoms with van der Waals surface area (Å²) in [4.78, 5) is 12.5. The molecule has 0 radical (unpaired) electrons. The summed E-state index contributed by atoms with van der Waals surface area (Å²) in [5.74, 6) is 4.48. The minimum absolute atomic E-state index is 0.0746. The second-order valence-corrected chi connectivity index (χ2v) is 5.10. The minimum atomic E-state index is -0.586. The molecule has 1 heterocycles. The number of nitrogens with one attached hydrogen (secondary N) is 1. The van der Waals surface area contributed by atoms with Crippen molar-refractivity contribution in [3.05, 3.63) is 50.9 Å². The van der Waals surface area contributed by atoms with Crippen LogP contribution in [-0.4, -0.2) is 12.5 Å². The first-order chi connectivity index (χ1) is 9.61. The Labute approximate surface area is 124 Å². The van der Waals surface area contributed by atoms with Gasteiger partial charge in [0.2, 0.25) is 0 Å². The Morgan fingerprint density at radius 3 is 2.95 bits per heavy atom. The molecule has 1 aromatic carbocycles. The molecule has 1 aromatic heterocycles. The first-order valence-corrected chi connectivity index (χ1v) is 6.90. The van der Waals surface area contributed by atoms with Crippen LogP contribution >= 0.6 is 22.9 Å². The van der Waals surface area contributed by atoms with Gasteiger partial charge in [0.05, 0.1) is 12.2 Å². The highest BCUT2D eigenvalue weighted by Crippen LogP contribution is 2.22. The Hall–Kier alpha value is -1.87. The van der Waals surface area contributed by atoms with E-state index in [0.717, 1.165) is 6.07 Å². The number of hydrogen-bond donors (Lipinski definition) is 2. The third-order valence-electron chi connectivity index (χ3n) is 2.38. The van der Waals surface area contributed by atoms with Gasteiger partial charge in [0.15, 0.2) is 0 Å². The van der Waals surface area contributed by atoms with Gasteiger partial charge in [-0.1, -0.05) is 23.4 Å². The van der Waals surface area contributed by atoms with Crippen molar-refractivity contribution >= 4 is 34.5 Å². The lowest BCUT2D eigenvalue weighted by molar-refractivity contribution is 0.103. The Morgan fingerprint density at radius 1 is 1.45 bits per heavy atom. The van der Waals surface area contributed by atoms with Gasteiger partial charge in [0.25, 0.3) is 5.91 Å². The number of hydrogen-bond acceptors (Lipinski definition) is 3. The zero-order chi connectivity index (χ0) is 14.5. The van der Waals surface area contributed by atoms with E-state index in [1.165, 1.54) is 23.5 Å². The summed E-state index contributed by atoms with van der Waals surface area (Å²) in [5.41, 5.74) is 5.95. The van der Waals surface area contributed by atoms with E-state index < -0.39 is 11.7 Å². The Kier molecular flexibility index (Phi) is 4.74. The number of carbonyl (C=O) groups is 1. The fourth-order valence-electron chi connectivity index (χ4n) is 1.50. The zero-order valence-electron chi connectivity index (χ0n) is 10.2. The van der Waals surface area contributed by atoms with E-state index in [1.807, 2.05) is 0 Å². The van der Waals surface area contributed by atoms with E-state index in [9.17, 15) is 9.18 Å². The summed E-state index contributed by atoms with van der Waals surface area (Å²) < 4.78 is 13.6. The number of carbonyl (C=O) groups excluding carboxylic acids is 1. The summed E-state index contributed by atoms with van der Waals surface area (Å²) >= 11 is 6.89. The summed E-state index contributed by atoms with van der Waals surface area (Å²) in [7, 11) is 0. The molecule has 2 aromatic rings. The van der Waals surface area contributed by atoms with E-state index >= 15 is 0 Å². The van der Waals surface area contributed by atoms with Crippen LogP contribution in [0.2, 0.25) is 5.02 Å². The predicted molar refractivity (Wildman–Crippen MR) is 79.6 cm³/mol. The maximum absolute atomic E-state index is 13.6. The molecule has 0 unspecified atom stereocenters. The standard InChI is InChI=1S/C14H10ClFN2OS/c15-10-3-4-12(11(16)8-10)18-14(19)13-9(2-1-6-17)5-7-20-13/h3-5,7-8H,6,17H2,(H,18,19). The Bertz CT molecular complexity index is 703. The SMILES string of the molecule is NCC#Cc1ccsc1C(=O)Nc1ccc(Cl)cc1F. The van der Waals surface area contributed by atoms with E-state index in [0.29, 0.717) is 10.4 Å². The summed E-state index contributed by atoms with van der Waals surface area (Å²) in [6, 6.07) is 5.78. The average Bonchev–Trinajstić information content (AvgIpc) is 2.88. The molecule has 0 bridgehead atoms. The number of thiophene rings is 1. The molecular formula is C14H10ClFN2OS. The molecule has 0 fully saturated rings. The van der Waals surface area contributed by atoms with Crippen LogP contribution in [0.4, 0.5) is 10.1 Å². The van der Waals surface area contributed by atoms with Crippen LogP contribution in [0.1, 0.15) is 15.2 Å². The lowest BCUT2D eigenvalue weighted by atomic mass is 10.2. The van der Waals surface area contributed by atoms with E-state index in [1.54, 1.807) is 11.4 Å². The van der Waals surface area contributed by atoms with Crippen LogP contribution in [0.15, 0.2) is 29.6 Å². The zero-order valence-corrected chi connectivity index (χ0v) is 11.8. The number of rotatable bonds is 2. The molecule has 3 N–H and O–H groups in total. The molecule has 0 aliphatic rings. The smallest absolute Gasteiger partial charge is 0.267 e. The van der Waals surface area contributed by atoms with Crippen LogP contribution in [0.25, 0.3) is 0 Å². The first-order valence-electron chi connectivity index (χ1n) is 5.64. The molecule has 6 heteroatoms. The fraction of sp³-hybridized carbons (Fsp3) is 0.0714. The molecule has 0 saturated carbocycles. The Morgan fingerprint density at radius 2 is 2.25 bits per heavy atom. The van der Waals surface area contributed by atoms with Crippen molar-refractivity contribution in [2.75, 3.05) is 11.9 Å². The normalized spacial score (nSPS) is 9.75. The molecule has 0 atom stereocenters. The van der Waals surface area contributed by atoms with Crippen molar-refractivity contribution in [1.29, 1.82) is 0 Å².